The second kappa shape index (κ2) is 7.09. The molecule has 24 heavy (non-hydrogen) atoms. The molecule has 0 spiro atoms. The summed E-state index contributed by atoms with van der Waals surface area (Å²) >= 11 is 10.1. The smallest absolute Gasteiger partial charge is 0.173 e. The Hall–Kier alpha value is -1.63. The molecule has 2 heterocycles. The van der Waals surface area contributed by atoms with Gasteiger partial charge in [-0.15, -0.1) is 11.8 Å². The number of fused-ring (bicyclic) bond motifs is 1. The number of rotatable bonds is 4. The van der Waals surface area contributed by atoms with E-state index in [0.717, 1.165) is 15.6 Å². The number of pyridine rings is 1. The predicted molar refractivity (Wildman–Crippen MR) is 106 cm³/mol. The first-order valence-corrected chi connectivity index (χ1v) is 9.42. The first kappa shape index (κ1) is 17.2. The first-order valence-electron chi connectivity index (χ1n) is 7.23. The van der Waals surface area contributed by atoms with Crippen molar-refractivity contribution in [3.63, 3.8) is 0 Å². The van der Waals surface area contributed by atoms with Crippen molar-refractivity contribution >= 4 is 55.4 Å². The molecule has 3 nitrogen and oxygen atoms in total. The maximum atomic E-state index is 12.3. The third-order valence-electron chi connectivity index (χ3n) is 3.76. The highest BCUT2D eigenvalue weighted by Gasteiger charge is 2.19. The van der Waals surface area contributed by atoms with Gasteiger partial charge in [0.2, 0.25) is 0 Å². The van der Waals surface area contributed by atoms with Crippen molar-refractivity contribution in [3.8, 4) is 5.75 Å². The van der Waals surface area contributed by atoms with E-state index in [1.807, 2.05) is 47.9 Å². The van der Waals surface area contributed by atoms with Gasteiger partial charge in [-0.3, -0.25) is 4.79 Å². The Kier molecular flexibility index (Phi) is 5.08. The highest BCUT2D eigenvalue weighted by Crippen LogP contribution is 2.32. The van der Waals surface area contributed by atoms with Gasteiger partial charge < -0.3 is 9.51 Å². The van der Waals surface area contributed by atoms with Crippen LogP contribution in [0.5, 0.6) is 5.75 Å². The lowest BCUT2D eigenvalue weighted by Gasteiger charge is -2.05. The summed E-state index contributed by atoms with van der Waals surface area (Å²) in [6.45, 7) is 1.86. The number of hydrogen-bond acceptors (Lipinski definition) is 4. The number of halogens is 1. The number of Topliss-reactive ketones (excluding diaryl/α,β-unsaturated/α-hetero) is 1. The fourth-order valence-electron chi connectivity index (χ4n) is 2.47. The summed E-state index contributed by atoms with van der Waals surface area (Å²) in [6, 6.07) is 13.0. The molecule has 6 heteroatoms. The predicted octanol–water partition coefficient (Wildman–Crippen LogP) is 5.01. The number of aromatic hydroxyl groups is 1. The van der Waals surface area contributed by atoms with Crippen LogP contribution in [0, 0.1) is 6.92 Å². The minimum absolute atomic E-state index is 0.00641. The van der Waals surface area contributed by atoms with Crippen molar-refractivity contribution in [1.82, 2.24) is 4.40 Å². The number of aryl methyl sites for hydroxylation is 1. The summed E-state index contributed by atoms with van der Waals surface area (Å²) in [6.07, 6.45) is 1.86. The molecule has 3 rings (SSSR count). The minimum Gasteiger partial charge on any atom is -0.505 e. The summed E-state index contributed by atoms with van der Waals surface area (Å²) in [5.74, 6) is 0.417. The zero-order valence-corrected chi connectivity index (χ0v) is 16.0. The third kappa shape index (κ3) is 3.27. The fourth-order valence-corrected chi connectivity index (χ4v) is 3.87. The molecule has 0 atom stereocenters. The molecular formula is C18H14BrNO2S2. The molecule has 0 unspecified atom stereocenters. The van der Waals surface area contributed by atoms with E-state index in [1.165, 1.54) is 11.8 Å². The Morgan fingerprint density at radius 1 is 1.25 bits per heavy atom. The molecular weight excluding hydrogens is 406 g/mol. The van der Waals surface area contributed by atoms with Gasteiger partial charge in [-0.05, 0) is 31.2 Å². The summed E-state index contributed by atoms with van der Waals surface area (Å²) in [5, 5.41) is 10.4. The van der Waals surface area contributed by atoms with Crippen LogP contribution in [0.25, 0.3) is 5.52 Å². The topological polar surface area (TPSA) is 41.7 Å². The van der Waals surface area contributed by atoms with Crippen LogP contribution >= 0.6 is 39.9 Å². The summed E-state index contributed by atoms with van der Waals surface area (Å²) in [4.78, 5) is 12.3. The van der Waals surface area contributed by atoms with Crippen LogP contribution in [0.4, 0.5) is 0 Å². The van der Waals surface area contributed by atoms with Gasteiger partial charge in [0.05, 0.1) is 15.5 Å². The van der Waals surface area contributed by atoms with Gasteiger partial charge in [0.1, 0.15) is 11.4 Å². The van der Waals surface area contributed by atoms with Gasteiger partial charge in [0, 0.05) is 21.8 Å². The number of ketones is 1. The van der Waals surface area contributed by atoms with E-state index < -0.39 is 0 Å². The lowest BCUT2D eigenvalue weighted by molar-refractivity contribution is 0.102. The monoisotopic (exact) mass is 419 g/mol. The minimum atomic E-state index is 0.00641. The second-order valence-electron chi connectivity index (χ2n) is 5.28. The molecule has 0 saturated heterocycles. The van der Waals surface area contributed by atoms with Crippen molar-refractivity contribution in [2.24, 2.45) is 0 Å². The number of thioether (sulfide) groups is 1. The van der Waals surface area contributed by atoms with Crippen molar-refractivity contribution in [3.05, 3.63) is 70.0 Å². The third-order valence-corrected chi connectivity index (χ3v) is 5.70. The number of benzene rings is 1. The van der Waals surface area contributed by atoms with Crippen LogP contribution in [-0.4, -0.2) is 25.2 Å². The van der Waals surface area contributed by atoms with Crippen LogP contribution in [0.2, 0.25) is 0 Å². The molecule has 0 aliphatic carbocycles. The number of aromatic nitrogens is 1. The quantitative estimate of drug-likeness (QED) is 0.476. The Morgan fingerprint density at radius 3 is 2.67 bits per heavy atom. The van der Waals surface area contributed by atoms with E-state index in [1.54, 1.807) is 12.1 Å². The number of carbonyl (C=O) groups is 1. The number of thiocarbonyl (C=S) groups is 1. The molecule has 0 amide bonds. The van der Waals surface area contributed by atoms with Crippen LogP contribution in [0.1, 0.15) is 21.6 Å². The van der Waals surface area contributed by atoms with E-state index in [9.17, 15) is 9.90 Å². The van der Waals surface area contributed by atoms with Gasteiger partial charge >= 0.3 is 0 Å². The zero-order valence-electron chi connectivity index (χ0n) is 12.8. The molecule has 0 saturated carbocycles. The molecule has 0 radical (unpaired) electrons. The maximum Gasteiger partial charge on any atom is 0.173 e. The maximum absolute atomic E-state index is 12.3. The number of hydrogen-bond donors (Lipinski definition) is 1. The van der Waals surface area contributed by atoms with E-state index in [2.05, 4.69) is 15.9 Å². The average molecular weight is 420 g/mol. The SMILES string of the molecule is Cc1c(O)c(C(=S)SCC(=O)c2ccc(Br)cc2)n2ccccc12. The molecule has 1 N–H and O–H groups in total. The molecule has 1 aromatic carbocycles. The highest BCUT2D eigenvalue weighted by molar-refractivity contribution is 9.10. The van der Waals surface area contributed by atoms with Crippen LogP contribution < -0.4 is 0 Å². The molecule has 122 valence electrons. The Balaban J connectivity index is 1.80. The number of nitrogens with zero attached hydrogens (tertiary/aromatic N) is 1. The first-order chi connectivity index (χ1) is 11.5. The molecule has 0 aliphatic rings. The Morgan fingerprint density at radius 2 is 1.96 bits per heavy atom. The summed E-state index contributed by atoms with van der Waals surface area (Å²) in [5.41, 5.74) is 2.92. The van der Waals surface area contributed by atoms with Gasteiger partial charge in [0.15, 0.2) is 5.78 Å². The van der Waals surface area contributed by atoms with E-state index >= 15 is 0 Å². The lowest BCUT2D eigenvalue weighted by atomic mass is 10.2. The number of carbonyl (C=O) groups excluding carboxylic acids is 1. The standard InChI is InChI=1S/C18H14BrNO2S2/c1-11-14-4-2-3-9-20(14)16(17(11)22)18(23)24-10-15(21)12-5-7-13(19)8-6-12/h2-9,22H,10H2,1H3. The largest absolute Gasteiger partial charge is 0.505 e. The zero-order chi connectivity index (χ0) is 17.3. The molecule has 0 bridgehead atoms. The van der Waals surface area contributed by atoms with Crippen LogP contribution in [0.15, 0.2) is 53.1 Å². The lowest BCUT2D eigenvalue weighted by Crippen LogP contribution is -2.06. The summed E-state index contributed by atoms with van der Waals surface area (Å²) in [7, 11) is 0. The molecule has 2 aromatic heterocycles. The van der Waals surface area contributed by atoms with Gasteiger partial charge in [-0.1, -0.05) is 46.3 Å². The highest BCUT2D eigenvalue weighted by atomic mass is 79.9. The summed E-state index contributed by atoms with van der Waals surface area (Å²) < 4.78 is 3.30. The molecule has 0 fully saturated rings. The van der Waals surface area contributed by atoms with Crippen LogP contribution in [-0.2, 0) is 0 Å². The molecule has 3 aromatic rings. The van der Waals surface area contributed by atoms with Crippen LogP contribution in [0.3, 0.4) is 0 Å². The van der Waals surface area contributed by atoms with Crippen molar-refractivity contribution in [2.75, 3.05) is 5.75 Å². The second-order valence-corrected chi connectivity index (χ2v) is 7.85. The van der Waals surface area contributed by atoms with Crippen molar-refractivity contribution in [1.29, 1.82) is 0 Å². The Labute approximate surface area is 157 Å². The van der Waals surface area contributed by atoms with E-state index in [0.29, 0.717) is 15.5 Å². The van der Waals surface area contributed by atoms with Gasteiger partial charge in [-0.2, -0.15) is 0 Å². The van der Waals surface area contributed by atoms with Gasteiger partial charge in [0.25, 0.3) is 0 Å². The average Bonchev–Trinajstić information content (AvgIpc) is 2.85. The van der Waals surface area contributed by atoms with Crippen molar-refractivity contribution in [2.45, 2.75) is 6.92 Å². The Bertz CT molecular complexity index is 932. The van der Waals surface area contributed by atoms with E-state index in [4.69, 9.17) is 12.2 Å². The fraction of sp³-hybridized carbons (Fsp3) is 0.111. The van der Waals surface area contributed by atoms with Crippen molar-refractivity contribution < 1.29 is 9.90 Å². The molecule has 0 aliphatic heterocycles. The van der Waals surface area contributed by atoms with Gasteiger partial charge in [-0.25, -0.2) is 0 Å². The normalized spacial score (nSPS) is 10.9. The van der Waals surface area contributed by atoms with E-state index in [-0.39, 0.29) is 17.3 Å².